The van der Waals surface area contributed by atoms with Gasteiger partial charge < -0.3 is 9.84 Å². The fourth-order valence-corrected chi connectivity index (χ4v) is 1.34. The van der Waals surface area contributed by atoms with E-state index >= 15 is 0 Å². The molecular weight excluding hydrogens is 254 g/mol. The second-order valence-corrected chi connectivity index (χ2v) is 2.98. The SMILES string of the molecule is OCc1c(OC(F)(F)F)cnc(F)c1CCl. The van der Waals surface area contributed by atoms with Crippen LogP contribution in [0.3, 0.4) is 0 Å². The van der Waals surface area contributed by atoms with Gasteiger partial charge in [-0.3, -0.25) is 0 Å². The molecule has 0 aliphatic carbocycles. The van der Waals surface area contributed by atoms with E-state index in [0.717, 1.165) is 0 Å². The number of aliphatic hydroxyl groups excluding tert-OH is 1. The van der Waals surface area contributed by atoms with Crippen LogP contribution in [0.4, 0.5) is 17.6 Å². The van der Waals surface area contributed by atoms with Gasteiger partial charge in [0.15, 0.2) is 5.75 Å². The maximum atomic E-state index is 13.0. The maximum absolute atomic E-state index is 13.0. The van der Waals surface area contributed by atoms with Crippen molar-refractivity contribution in [3.05, 3.63) is 23.3 Å². The molecule has 0 unspecified atom stereocenters. The zero-order valence-electron chi connectivity index (χ0n) is 7.68. The lowest BCUT2D eigenvalue weighted by Crippen LogP contribution is -2.19. The van der Waals surface area contributed by atoms with Crippen LogP contribution in [-0.2, 0) is 12.5 Å². The Labute approximate surface area is 92.6 Å². The fraction of sp³-hybridized carbons (Fsp3) is 0.375. The highest BCUT2D eigenvalue weighted by molar-refractivity contribution is 6.17. The first kappa shape index (κ1) is 13.0. The van der Waals surface area contributed by atoms with Crippen LogP contribution >= 0.6 is 11.6 Å². The Kier molecular flexibility index (Phi) is 3.93. The number of rotatable bonds is 3. The standard InChI is InChI=1S/C8H6ClF4NO2/c9-1-4-5(3-15)6(2-14-7(4)10)16-8(11,12)13/h2,15H,1,3H2. The first-order chi connectivity index (χ1) is 7.39. The number of halogens is 5. The molecule has 1 rings (SSSR count). The number of aromatic nitrogens is 1. The zero-order chi connectivity index (χ0) is 12.3. The molecule has 1 aromatic rings. The van der Waals surface area contributed by atoms with Crippen LogP contribution in [0.5, 0.6) is 5.75 Å². The van der Waals surface area contributed by atoms with Gasteiger partial charge in [-0.25, -0.2) is 4.98 Å². The molecule has 3 nitrogen and oxygen atoms in total. The minimum absolute atomic E-state index is 0.314. The first-order valence-corrected chi connectivity index (χ1v) is 4.51. The second-order valence-electron chi connectivity index (χ2n) is 2.71. The van der Waals surface area contributed by atoms with Gasteiger partial charge in [-0.15, -0.1) is 24.8 Å². The molecule has 90 valence electrons. The molecule has 1 aromatic heterocycles. The van der Waals surface area contributed by atoms with Crippen molar-refractivity contribution < 1.29 is 27.4 Å². The molecule has 0 aromatic carbocycles. The van der Waals surface area contributed by atoms with Gasteiger partial charge in [-0.1, -0.05) is 0 Å². The van der Waals surface area contributed by atoms with Gasteiger partial charge in [0.1, 0.15) is 0 Å². The smallest absolute Gasteiger partial charge is 0.404 e. The van der Waals surface area contributed by atoms with Gasteiger partial charge in [-0.05, 0) is 0 Å². The zero-order valence-corrected chi connectivity index (χ0v) is 8.44. The Bertz CT molecular complexity index is 383. The molecule has 0 saturated carbocycles. The van der Waals surface area contributed by atoms with E-state index in [4.69, 9.17) is 16.7 Å². The van der Waals surface area contributed by atoms with Gasteiger partial charge in [0.25, 0.3) is 0 Å². The van der Waals surface area contributed by atoms with E-state index in [2.05, 4.69) is 9.72 Å². The van der Waals surface area contributed by atoms with Crippen LogP contribution in [-0.4, -0.2) is 16.5 Å². The molecule has 1 heterocycles. The van der Waals surface area contributed by atoms with Gasteiger partial charge >= 0.3 is 6.36 Å². The highest BCUT2D eigenvalue weighted by Crippen LogP contribution is 2.29. The summed E-state index contributed by atoms with van der Waals surface area (Å²) in [5.74, 6) is -2.20. The van der Waals surface area contributed by atoms with Crippen molar-refractivity contribution in [3.8, 4) is 5.75 Å². The third-order valence-corrected chi connectivity index (χ3v) is 1.99. The molecule has 0 atom stereocenters. The minimum atomic E-state index is -4.94. The fourth-order valence-electron chi connectivity index (χ4n) is 1.07. The van der Waals surface area contributed by atoms with Crippen LogP contribution in [0.25, 0.3) is 0 Å². The van der Waals surface area contributed by atoms with E-state index in [0.29, 0.717) is 6.20 Å². The van der Waals surface area contributed by atoms with E-state index in [9.17, 15) is 17.6 Å². The second kappa shape index (κ2) is 4.84. The van der Waals surface area contributed by atoms with Crippen LogP contribution in [0.15, 0.2) is 6.20 Å². The lowest BCUT2D eigenvalue weighted by atomic mass is 10.1. The molecule has 1 N–H and O–H groups in total. The highest BCUT2D eigenvalue weighted by atomic mass is 35.5. The number of hydrogen-bond acceptors (Lipinski definition) is 3. The molecule has 0 aliphatic heterocycles. The van der Waals surface area contributed by atoms with Crippen molar-refractivity contribution in [1.82, 2.24) is 4.98 Å². The number of alkyl halides is 4. The average molecular weight is 260 g/mol. The van der Waals surface area contributed by atoms with Gasteiger partial charge in [0.2, 0.25) is 5.95 Å². The average Bonchev–Trinajstić information content (AvgIpc) is 2.18. The number of ether oxygens (including phenoxy) is 1. The number of aliphatic hydroxyl groups is 1. The molecular formula is C8H6ClF4NO2. The molecule has 0 spiro atoms. The topological polar surface area (TPSA) is 42.4 Å². The summed E-state index contributed by atoms with van der Waals surface area (Å²) in [6, 6.07) is 0. The van der Waals surface area contributed by atoms with E-state index in [1.54, 1.807) is 0 Å². The lowest BCUT2D eigenvalue weighted by molar-refractivity contribution is -0.275. The molecule has 0 saturated heterocycles. The summed E-state index contributed by atoms with van der Waals surface area (Å²) >= 11 is 5.33. The number of hydrogen-bond donors (Lipinski definition) is 1. The van der Waals surface area contributed by atoms with E-state index in [1.807, 2.05) is 0 Å². The monoisotopic (exact) mass is 259 g/mol. The maximum Gasteiger partial charge on any atom is 0.573 e. The van der Waals surface area contributed by atoms with Crippen molar-refractivity contribution in [3.63, 3.8) is 0 Å². The van der Waals surface area contributed by atoms with Gasteiger partial charge in [0.05, 0.1) is 18.7 Å². The Hall–Kier alpha value is -1.08. The summed E-state index contributed by atoms with van der Waals surface area (Å²) in [6.45, 7) is -0.826. The third-order valence-electron chi connectivity index (χ3n) is 1.72. The molecule has 0 aliphatic rings. The van der Waals surface area contributed by atoms with E-state index < -0.39 is 30.5 Å². The van der Waals surface area contributed by atoms with Crippen molar-refractivity contribution in [1.29, 1.82) is 0 Å². The summed E-state index contributed by atoms with van der Waals surface area (Å²) in [4.78, 5) is 3.06. The van der Waals surface area contributed by atoms with Crippen molar-refractivity contribution in [2.24, 2.45) is 0 Å². The first-order valence-electron chi connectivity index (χ1n) is 3.98. The third kappa shape index (κ3) is 2.96. The van der Waals surface area contributed by atoms with Crippen molar-refractivity contribution in [2.75, 3.05) is 0 Å². The van der Waals surface area contributed by atoms with Crippen LogP contribution in [0.1, 0.15) is 11.1 Å². The molecule has 16 heavy (non-hydrogen) atoms. The van der Waals surface area contributed by atoms with Crippen molar-refractivity contribution >= 4 is 11.6 Å². The van der Waals surface area contributed by atoms with Gasteiger partial charge in [-0.2, -0.15) is 4.39 Å². The predicted octanol–water partition coefficient (Wildman–Crippen LogP) is 2.35. The Morgan fingerprint density at radius 1 is 1.38 bits per heavy atom. The molecule has 0 amide bonds. The molecule has 0 fully saturated rings. The minimum Gasteiger partial charge on any atom is -0.404 e. The van der Waals surface area contributed by atoms with Gasteiger partial charge in [0, 0.05) is 11.1 Å². The Morgan fingerprint density at radius 3 is 2.44 bits per heavy atom. The quantitative estimate of drug-likeness (QED) is 0.515. The highest BCUT2D eigenvalue weighted by Gasteiger charge is 2.33. The normalized spacial score (nSPS) is 11.6. The van der Waals surface area contributed by atoms with Crippen LogP contribution in [0.2, 0.25) is 0 Å². The van der Waals surface area contributed by atoms with Crippen LogP contribution < -0.4 is 4.74 Å². The number of pyridine rings is 1. The predicted molar refractivity (Wildman–Crippen MR) is 46.4 cm³/mol. The summed E-state index contributed by atoms with van der Waals surface area (Å²) in [6.07, 6.45) is -4.39. The molecule has 0 bridgehead atoms. The Morgan fingerprint density at radius 2 is 2.00 bits per heavy atom. The van der Waals surface area contributed by atoms with Crippen molar-refractivity contribution in [2.45, 2.75) is 18.8 Å². The van der Waals surface area contributed by atoms with E-state index in [1.165, 1.54) is 0 Å². The summed E-state index contributed by atoms with van der Waals surface area (Å²) in [5, 5.41) is 8.85. The molecule has 0 radical (unpaired) electrons. The summed E-state index contributed by atoms with van der Waals surface area (Å²) < 4.78 is 52.4. The largest absolute Gasteiger partial charge is 0.573 e. The summed E-state index contributed by atoms with van der Waals surface area (Å²) in [7, 11) is 0. The molecule has 8 heteroatoms. The number of nitrogens with zero attached hydrogens (tertiary/aromatic N) is 1. The lowest BCUT2D eigenvalue weighted by Gasteiger charge is -2.14. The summed E-state index contributed by atoms with van der Waals surface area (Å²) in [5.41, 5.74) is -0.675. The van der Waals surface area contributed by atoms with Crippen LogP contribution in [0, 0.1) is 5.95 Å². The van der Waals surface area contributed by atoms with E-state index in [-0.39, 0.29) is 11.1 Å². The Balaban J connectivity index is 3.19.